The lowest BCUT2D eigenvalue weighted by Crippen LogP contribution is -2.27. The second-order valence-corrected chi connectivity index (χ2v) is 7.45. The van der Waals surface area contributed by atoms with Crippen LogP contribution >= 0.6 is 0 Å². The molecular formula is C22H26N4O. The van der Waals surface area contributed by atoms with Crippen LogP contribution in [0.3, 0.4) is 0 Å². The molecule has 0 spiro atoms. The molecule has 0 N–H and O–H groups in total. The van der Waals surface area contributed by atoms with Crippen LogP contribution in [0.4, 0.5) is 0 Å². The Labute approximate surface area is 160 Å². The Bertz CT molecular complexity index is 841. The van der Waals surface area contributed by atoms with E-state index in [0.29, 0.717) is 19.4 Å². The van der Waals surface area contributed by atoms with Crippen LogP contribution in [0.2, 0.25) is 0 Å². The third-order valence-electron chi connectivity index (χ3n) is 5.54. The van der Waals surface area contributed by atoms with Crippen LogP contribution < -0.4 is 0 Å². The fraction of sp³-hybridized carbons (Fsp3) is 0.455. The molecular weight excluding hydrogens is 336 g/mol. The molecule has 4 heterocycles. The maximum atomic E-state index is 12.6. The maximum absolute atomic E-state index is 12.6. The van der Waals surface area contributed by atoms with Crippen LogP contribution in [0, 0.1) is 0 Å². The monoisotopic (exact) mass is 362 g/mol. The number of fused-ring (bicyclic) bond motifs is 1. The van der Waals surface area contributed by atoms with Crippen LogP contribution in [-0.4, -0.2) is 39.6 Å². The van der Waals surface area contributed by atoms with Gasteiger partial charge in [-0.3, -0.25) is 19.8 Å². The molecule has 1 saturated heterocycles. The van der Waals surface area contributed by atoms with Crippen molar-refractivity contribution in [2.24, 2.45) is 4.99 Å². The first kappa shape index (κ1) is 17.8. The van der Waals surface area contributed by atoms with E-state index in [1.165, 1.54) is 18.4 Å². The normalized spacial score (nSPS) is 16.9. The van der Waals surface area contributed by atoms with Crippen molar-refractivity contribution in [1.82, 2.24) is 14.9 Å². The van der Waals surface area contributed by atoms with Crippen molar-refractivity contribution >= 4 is 11.6 Å². The number of aliphatic imine (C=N–C) groups is 1. The topological polar surface area (TPSA) is 58.5 Å². The zero-order chi connectivity index (χ0) is 18.6. The summed E-state index contributed by atoms with van der Waals surface area (Å²) >= 11 is 0. The van der Waals surface area contributed by atoms with E-state index >= 15 is 0 Å². The molecule has 2 aromatic heterocycles. The third-order valence-corrected chi connectivity index (χ3v) is 5.54. The summed E-state index contributed by atoms with van der Waals surface area (Å²) in [5.74, 6) is 1.49. The molecule has 1 atom stereocenters. The number of hydrogen-bond donors (Lipinski definition) is 0. The second-order valence-electron chi connectivity index (χ2n) is 7.45. The summed E-state index contributed by atoms with van der Waals surface area (Å²) in [5, 5.41) is 0. The Morgan fingerprint density at radius 3 is 2.81 bits per heavy atom. The van der Waals surface area contributed by atoms with Crippen molar-refractivity contribution in [1.29, 1.82) is 0 Å². The molecule has 0 saturated carbocycles. The Kier molecular flexibility index (Phi) is 5.28. The van der Waals surface area contributed by atoms with Crippen LogP contribution in [0.25, 0.3) is 0 Å². The van der Waals surface area contributed by atoms with Crippen LogP contribution in [-0.2, 0) is 17.8 Å². The van der Waals surface area contributed by atoms with Gasteiger partial charge in [0, 0.05) is 61.2 Å². The molecule has 2 aliphatic rings. The van der Waals surface area contributed by atoms with E-state index in [9.17, 15) is 4.79 Å². The zero-order valence-electron chi connectivity index (χ0n) is 15.9. The SMILES string of the molecule is CC[C@H](CC(=O)Cc1cc2c(cn1)C(N1CCCC1)=NC2)c1ccccn1. The average molecular weight is 362 g/mol. The summed E-state index contributed by atoms with van der Waals surface area (Å²) in [7, 11) is 0. The number of hydrogen-bond acceptors (Lipinski definition) is 5. The van der Waals surface area contributed by atoms with Crippen LogP contribution in [0.15, 0.2) is 41.7 Å². The first-order valence-electron chi connectivity index (χ1n) is 9.94. The van der Waals surface area contributed by atoms with Gasteiger partial charge in [0.2, 0.25) is 0 Å². The van der Waals surface area contributed by atoms with Gasteiger partial charge in [-0.1, -0.05) is 13.0 Å². The number of carbonyl (C=O) groups excluding carboxylic acids is 1. The first-order valence-corrected chi connectivity index (χ1v) is 9.94. The quantitative estimate of drug-likeness (QED) is 0.789. The van der Waals surface area contributed by atoms with Crippen molar-refractivity contribution < 1.29 is 4.79 Å². The lowest BCUT2D eigenvalue weighted by molar-refractivity contribution is -0.118. The fourth-order valence-electron chi connectivity index (χ4n) is 4.04. The summed E-state index contributed by atoms with van der Waals surface area (Å²) in [6, 6.07) is 7.97. The van der Waals surface area contributed by atoms with E-state index in [2.05, 4.69) is 27.9 Å². The predicted octanol–water partition coefficient (Wildman–Crippen LogP) is 3.53. The molecule has 2 aliphatic heterocycles. The Balaban J connectivity index is 1.41. The minimum absolute atomic E-state index is 0.179. The minimum Gasteiger partial charge on any atom is -0.356 e. The van der Waals surface area contributed by atoms with Gasteiger partial charge in [-0.05, 0) is 43.0 Å². The fourth-order valence-corrected chi connectivity index (χ4v) is 4.04. The lowest BCUT2D eigenvalue weighted by Gasteiger charge is -2.18. The number of aromatic nitrogens is 2. The van der Waals surface area contributed by atoms with Crippen molar-refractivity contribution in [3.63, 3.8) is 0 Å². The molecule has 0 bridgehead atoms. The largest absolute Gasteiger partial charge is 0.356 e. The number of pyridine rings is 2. The number of carbonyl (C=O) groups is 1. The van der Waals surface area contributed by atoms with Crippen molar-refractivity contribution in [2.75, 3.05) is 13.1 Å². The first-order chi connectivity index (χ1) is 13.2. The highest BCUT2D eigenvalue weighted by atomic mass is 16.1. The number of rotatable bonds is 6. The van der Waals surface area contributed by atoms with Gasteiger partial charge in [-0.25, -0.2) is 0 Å². The average Bonchev–Trinajstić information content (AvgIpc) is 3.36. The summed E-state index contributed by atoms with van der Waals surface area (Å²) < 4.78 is 0. The van der Waals surface area contributed by atoms with E-state index in [0.717, 1.165) is 42.3 Å². The maximum Gasteiger partial charge on any atom is 0.139 e. The van der Waals surface area contributed by atoms with Gasteiger partial charge in [0.05, 0.1) is 6.54 Å². The van der Waals surface area contributed by atoms with Gasteiger partial charge in [-0.15, -0.1) is 0 Å². The number of ketones is 1. The van der Waals surface area contributed by atoms with E-state index in [1.54, 1.807) is 6.20 Å². The Morgan fingerprint density at radius 2 is 2.07 bits per heavy atom. The molecule has 0 aromatic carbocycles. The van der Waals surface area contributed by atoms with Gasteiger partial charge in [0.1, 0.15) is 11.6 Å². The highest BCUT2D eigenvalue weighted by Gasteiger charge is 2.25. The summed E-state index contributed by atoms with van der Waals surface area (Å²) in [4.78, 5) is 28.7. The number of Topliss-reactive ketones (excluding diaryl/α,β-unsaturated/α-hetero) is 1. The van der Waals surface area contributed by atoms with E-state index in [1.807, 2.05) is 24.4 Å². The van der Waals surface area contributed by atoms with Crippen molar-refractivity contribution in [2.45, 2.75) is 51.5 Å². The van der Waals surface area contributed by atoms with E-state index < -0.39 is 0 Å². The van der Waals surface area contributed by atoms with Gasteiger partial charge in [0.25, 0.3) is 0 Å². The molecule has 0 unspecified atom stereocenters. The Morgan fingerprint density at radius 1 is 1.22 bits per heavy atom. The standard InChI is InChI=1S/C22H26N4O/c1-2-16(21-7-3-4-8-23-21)12-19(27)13-18-11-17-14-25-22(20(17)15-24-18)26-9-5-6-10-26/h3-4,7-8,11,15-16H,2,5-6,9-10,12-14H2,1H3/t16-/m1/s1. The molecule has 0 aliphatic carbocycles. The Hall–Kier alpha value is -2.56. The second kappa shape index (κ2) is 7.99. The summed E-state index contributed by atoms with van der Waals surface area (Å²) in [6.07, 6.45) is 8.00. The highest BCUT2D eigenvalue weighted by Crippen LogP contribution is 2.25. The molecule has 27 heavy (non-hydrogen) atoms. The summed E-state index contributed by atoms with van der Waals surface area (Å²) in [5.41, 5.74) is 4.20. The molecule has 5 nitrogen and oxygen atoms in total. The summed E-state index contributed by atoms with van der Waals surface area (Å²) in [6.45, 7) is 4.99. The number of amidine groups is 1. The number of likely N-dealkylation sites (tertiary alicyclic amines) is 1. The third kappa shape index (κ3) is 3.92. The van der Waals surface area contributed by atoms with Gasteiger partial charge in [0.15, 0.2) is 0 Å². The lowest BCUT2D eigenvalue weighted by atomic mass is 9.93. The van der Waals surface area contributed by atoms with Crippen molar-refractivity contribution in [3.8, 4) is 0 Å². The zero-order valence-corrected chi connectivity index (χ0v) is 15.9. The molecule has 0 amide bonds. The van der Waals surface area contributed by atoms with Gasteiger partial charge < -0.3 is 4.90 Å². The van der Waals surface area contributed by atoms with Crippen LogP contribution in [0.1, 0.15) is 61.0 Å². The smallest absolute Gasteiger partial charge is 0.139 e. The van der Waals surface area contributed by atoms with Crippen molar-refractivity contribution in [3.05, 3.63) is 59.2 Å². The molecule has 5 heteroatoms. The molecule has 4 rings (SSSR count). The molecule has 0 radical (unpaired) electrons. The molecule has 1 fully saturated rings. The highest BCUT2D eigenvalue weighted by molar-refractivity contribution is 6.02. The van der Waals surface area contributed by atoms with E-state index in [4.69, 9.17) is 4.99 Å². The molecule has 2 aromatic rings. The van der Waals surface area contributed by atoms with E-state index in [-0.39, 0.29) is 11.7 Å². The number of nitrogens with zero attached hydrogens (tertiary/aromatic N) is 4. The molecule has 140 valence electrons. The van der Waals surface area contributed by atoms with Crippen LogP contribution in [0.5, 0.6) is 0 Å². The minimum atomic E-state index is 0.179. The van der Waals surface area contributed by atoms with Gasteiger partial charge >= 0.3 is 0 Å². The predicted molar refractivity (Wildman–Crippen MR) is 106 cm³/mol. The van der Waals surface area contributed by atoms with Gasteiger partial charge in [-0.2, -0.15) is 0 Å².